The number of benzene rings is 1. The van der Waals surface area contributed by atoms with E-state index in [1.165, 1.54) is 16.3 Å². The van der Waals surface area contributed by atoms with Gasteiger partial charge in [-0.05, 0) is 12.1 Å². The van der Waals surface area contributed by atoms with Gasteiger partial charge in [0.1, 0.15) is 28.2 Å². The number of thiazole rings is 1. The molecule has 2 saturated heterocycles. The number of carboxylic acid groups (broad SMARTS) is 2. The summed E-state index contributed by atoms with van der Waals surface area (Å²) < 4.78 is 0. The molecule has 2 aliphatic rings. The molecular weight excluding hydrogens is 681 g/mol. The summed E-state index contributed by atoms with van der Waals surface area (Å²) in [6.45, 7) is -0.176. The van der Waals surface area contributed by atoms with Crippen LogP contribution in [-0.2, 0) is 24.0 Å². The largest absolute Gasteiger partial charge is 0.504 e. The summed E-state index contributed by atoms with van der Waals surface area (Å²) in [5, 5.41) is 46.4. The summed E-state index contributed by atoms with van der Waals surface area (Å²) in [6, 6.07) is 2.09. The van der Waals surface area contributed by atoms with Crippen molar-refractivity contribution in [3.05, 3.63) is 34.8 Å². The fraction of sp³-hybridized carbons (Fsp3) is 0.280. The van der Waals surface area contributed by atoms with Gasteiger partial charge in [-0.25, -0.2) is 19.7 Å². The SMILES string of the molecule is Nc1nc(C(=NO[C@@H](C(=O)O)c2ccc(O)c(O)c2)C(=O)NC2C(=O)N3CC(CSc4nc(N)c(N)c(N)n4)(C(=O)O)CS[C@H]23)cs1. The van der Waals surface area contributed by atoms with Crippen LogP contribution in [0.3, 0.4) is 0 Å². The van der Waals surface area contributed by atoms with Gasteiger partial charge in [0.25, 0.3) is 5.91 Å². The molecule has 3 aromatic rings. The van der Waals surface area contributed by atoms with Crippen molar-refractivity contribution in [2.24, 2.45) is 10.6 Å². The number of thioether (sulfide) groups is 2. The Kier molecular flexibility index (Phi) is 9.09. The molecule has 4 atom stereocenters. The van der Waals surface area contributed by atoms with Crippen LogP contribution in [0.2, 0.25) is 0 Å². The third kappa shape index (κ3) is 6.55. The monoisotopic (exact) mass is 706 g/mol. The second-order valence-corrected chi connectivity index (χ2v) is 13.2. The maximum atomic E-state index is 13.4. The van der Waals surface area contributed by atoms with E-state index in [9.17, 15) is 39.6 Å². The van der Waals surface area contributed by atoms with E-state index >= 15 is 0 Å². The number of nitrogens with two attached hydrogens (primary N) is 4. The molecule has 0 spiro atoms. The molecule has 2 aliphatic heterocycles. The number of nitrogens with zero attached hydrogens (tertiary/aromatic N) is 5. The molecule has 4 heterocycles. The summed E-state index contributed by atoms with van der Waals surface area (Å²) in [5.74, 6) is -5.39. The average Bonchev–Trinajstić information content (AvgIpc) is 3.46. The number of nitrogens with one attached hydrogen (secondary N) is 1. The van der Waals surface area contributed by atoms with Crippen LogP contribution < -0.4 is 28.3 Å². The molecule has 0 radical (unpaired) electrons. The molecule has 22 heteroatoms. The topological polar surface area (TPSA) is 329 Å². The van der Waals surface area contributed by atoms with Gasteiger partial charge >= 0.3 is 11.9 Å². The summed E-state index contributed by atoms with van der Waals surface area (Å²) in [5.41, 5.74) is 20.8. The van der Waals surface area contributed by atoms with E-state index in [-0.39, 0.29) is 56.9 Å². The Bertz CT molecular complexity index is 1780. The number of carbonyl (C=O) groups excluding carboxylic acids is 2. The van der Waals surface area contributed by atoms with Gasteiger partial charge in [-0.1, -0.05) is 23.0 Å². The predicted octanol–water partition coefficient (Wildman–Crippen LogP) is -0.517. The molecule has 0 bridgehead atoms. The first kappa shape index (κ1) is 33.2. The van der Waals surface area contributed by atoms with E-state index in [0.717, 1.165) is 47.0 Å². The molecule has 1 aromatic carbocycles. The number of carbonyl (C=O) groups is 4. The summed E-state index contributed by atoms with van der Waals surface area (Å²) in [7, 11) is 0. The number of phenols is 2. The number of nitrogen functional groups attached to an aromatic ring is 4. The van der Waals surface area contributed by atoms with Gasteiger partial charge in [-0.15, -0.1) is 23.1 Å². The van der Waals surface area contributed by atoms with E-state index < -0.39 is 63.9 Å². The standard InChI is InChI=1S/C25H26N10O9S3/c26-12-16(27)32-24(33-17(12)28)47-7-25(22(42)43)5-35-19(39)14(20(35)46-6-25)31-18(38)13(9-4-45-23(29)30-9)34-44-15(21(40)41)8-1-2-10(36)11(37)3-8/h1-4,14-15,20,36-37H,5-7,26H2,(H2,29,30)(H,31,38)(H,40,41)(H,42,43)(H4,27,28,32,33)/t14?,15-,20-,25?/m1/s1. The Morgan fingerprint density at radius 1 is 1.13 bits per heavy atom. The zero-order valence-electron chi connectivity index (χ0n) is 23.8. The number of rotatable bonds is 11. The van der Waals surface area contributed by atoms with Crippen molar-refractivity contribution < 1.29 is 44.4 Å². The number of β-lactam (4-membered cyclic amide) rings is 1. The molecule has 13 N–H and O–H groups in total. The molecule has 2 amide bonds. The van der Waals surface area contributed by atoms with Crippen molar-refractivity contribution in [1.29, 1.82) is 0 Å². The zero-order chi connectivity index (χ0) is 34.2. The van der Waals surface area contributed by atoms with Crippen LogP contribution in [0.25, 0.3) is 0 Å². The number of phenolic OH excluding ortho intramolecular Hbond substituents is 2. The van der Waals surface area contributed by atoms with Gasteiger partial charge < -0.3 is 58.4 Å². The van der Waals surface area contributed by atoms with Crippen molar-refractivity contribution in [2.45, 2.75) is 22.7 Å². The highest BCUT2D eigenvalue weighted by atomic mass is 32.2. The third-order valence-electron chi connectivity index (χ3n) is 7.10. The molecule has 19 nitrogen and oxygen atoms in total. The lowest BCUT2D eigenvalue weighted by atomic mass is 9.89. The van der Waals surface area contributed by atoms with Crippen molar-refractivity contribution >= 4 is 86.8 Å². The quantitative estimate of drug-likeness (QED) is 0.0302. The fourth-order valence-electron chi connectivity index (χ4n) is 4.52. The first-order valence-electron chi connectivity index (χ1n) is 13.2. The number of hydrogen-bond donors (Lipinski definition) is 9. The van der Waals surface area contributed by atoms with Crippen molar-refractivity contribution in [1.82, 2.24) is 25.2 Å². The summed E-state index contributed by atoms with van der Waals surface area (Å²) in [4.78, 5) is 69.6. The molecule has 2 unspecified atom stereocenters. The van der Waals surface area contributed by atoms with Crippen molar-refractivity contribution in [3.63, 3.8) is 0 Å². The number of anilines is 4. The zero-order valence-corrected chi connectivity index (χ0v) is 26.2. The van der Waals surface area contributed by atoms with Gasteiger partial charge in [-0.3, -0.25) is 14.4 Å². The number of oxime groups is 1. The molecule has 5 rings (SSSR count). The highest BCUT2D eigenvalue weighted by Gasteiger charge is 2.57. The lowest BCUT2D eigenvalue weighted by Gasteiger charge is -2.53. The van der Waals surface area contributed by atoms with Gasteiger partial charge in [-0.2, -0.15) is 0 Å². The first-order chi connectivity index (χ1) is 22.2. The molecule has 0 aliphatic carbocycles. The lowest BCUT2D eigenvalue weighted by Crippen LogP contribution is -2.74. The van der Waals surface area contributed by atoms with Crippen LogP contribution in [0.4, 0.5) is 22.5 Å². The third-order valence-corrected chi connectivity index (χ3v) is 10.5. The summed E-state index contributed by atoms with van der Waals surface area (Å²) >= 11 is 3.09. The van der Waals surface area contributed by atoms with Gasteiger partial charge in [0.2, 0.25) is 12.0 Å². The van der Waals surface area contributed by atoms with E-state index in [0.29, 0.717) is 0 Å². The van der Waals surface area contributed by atoms with Crippen molar-refractivity contribution in [3.8, 4) is 11.5 Å². The van der Waals surface area contributed by atoms with Crippen LogP contribution in [0.15, 0.2) is 33.9 Å². The van der Waals surface area contributed by atoms with E-state index in [1.807, 2.05) is 0 Å². The smallest absolute Gasteiger partial charge is 0.352 e. The second kappa shape index (κ2) is 12.9. The fourth-order valence-corrected chi connectivity index (χ4v) is 7.79. The highest BCUT2D eigenvalue weighted by molar-refractivity contribution is 8.00. The van der Waals surface area contributed by atoms with Crippen LogP contribution in [0.1, 0.15) is 17.4 Å². The number of aromatic nitrogens is 3. The minimum atomic E-state index is -1.82. The van der Waals surface area contributed by atoms with E-state index in [2.05, 4.69) is 25.4 Å². The normalized spacial score (nSPS) is 21.3. The molecule has 0 saturated carbocycles. The Hall–Kier alpha value is -5.22. The van der Waals surface area contributed by atoms with Crippen LogP contribution in [-0.4, -0.2) is 99.2 Å². The number of amides is 2. The number of hydrogen-bond acceptors (Lipinski definition) is 18. The number of aliphatic carboxylic acids is 2. The van der Waals surface area contributed by atoms with Crippen LogP contribution in [0, 0.1) is 5.41 Å². The Morgan fingerprint density at radius 3 is 2.43 bits per heavy atom. The van der Waals surface area contributed by atoms with Gasteiger partial charge in [0, 0.05) is 29.0 Å². The molecular formula is C25H26N10O9S3. The highest BCUT2D eigenvalue weighted by Crippen LogP contribution is 2.44. The molecule has 2 aromatic heterocycles. The Balaban J connectivity index is 1.30. The maximum Gasteiger partial charge on any atom is 0.352 e. The molecule has 2 fully saturated rings. The predicted molar refractivity (Wildman–Crippen MR) is 170 cm³/mol. The van der Waals surface area contributed by atoms with Gasteiger partial charge in [0.05, 0.1) is 0 Å². The number of carboxylic acids is 2. The molecule has 47 heavy (non-hydrogen) atoms. The number of aromatic hydroxyl groups is 2. The molecule has 248 valence electrons. The van der Waals surface area contributed by atoms with E-state index in [1.54, 1.807) is 0 Å². The maximum absolute atomic E-state index is 13.4. The minimum Gasteiger partial charge on any atom is -0.504 e. The first-order valence-corrected chi connectivity index (χ1v) is 16.1. The average molecular weight is 707 g/mol. The van der Waals surface area contributed by atoms with Crippen LogP contribution >= 0.6 is 34.9 Å². The van der Waals surface area contributed by atoms with Crippen LogP contribution in [0.5, 0.6) is 11.5 Å². The number of fused-ring (bicyclic) bond motifs is 1. The summed E-state index contributed by atoms with van der Waals surface area (Å²) in [6.07, 6.45) is -1.82. The lowest BCUT2D eigenvalue weighted by molar-refractivity contribution is -0.157. The second-order valence-electron chi connectivity index (χ2n) is 10.3. The Labute approximate surface area is 276 Å². The van der Waals surface area contributed by atoms with Gasteiger partial charge in [0.15, 0.2) is 39.1 Å². The van der Waals surface area contributed by atoms with E-state index in [4.69, 9.17) is 27.8 Å². The minimum absolute atomic E-state index is 0.00923. The van der Waals surface area contributed by atoms with Crippen molar-refractivity contribution in [2.75, 3.05) is 41.0 Å². The Morgan fingerprint density at radius 2 is 1.83 bits per heavy atom.